The van der Waals surface area contributed by atoms with E-state index in [1.807, 2.05) is 22.2 Å². The van der Waals surface area contributed by atoms with Crippen molar-refractivity contribution in [3.63, 3.8) is 0 Å². The largest absolute Gasteiger partial charge is 0.297 e. The van der Waals surface area contributed by atoms with Crippen LogP contribution in [0.25, 0.3) is 4.96 Å². The molecule has 0 bridgehead atoms. The third-order valence-electron chi connectivity index (χ3n) is 2.51. The molecule has 3 aromatic heterocycles. The van der Waals surface area contributed by atoms with Crippen molar-refractivity contribution in [3.8, 4) is 0 Å². The van der Waals surface area contributed by atoms with Crippen LogP contribution in [0.4, 0.5) is 0 Å². The summed E-state index contributed by atoms with van der Waals surface area (Å²) in [5.41, 5.74) is 1.03. The second-order valence-corrected chi connectivity index (χ2v) is 5.04. The van der Waals surface area contributed by atoms with Gasteiger partial charge in [0.05, 0.1) is 17.1 Å². The van der Waals surface area contributed by atoms with Gasteiger partial charge in [-0.25, -0.2) is 4.98 Å². The molecular weight excluding hydrogens is 270 g/mol. The summed E-state index contributed by atoms with van der Waals surface area (Å²) in [5, 5.41) is 2.33. The molecule has 18 heavy (non-hydrogen) atoms. The van der Waals surface area contributed by atoms with E-state index in [2.05, 4.69) is 9.97 Å². The Labute approximate surface area is 112 Å². The van der Waals surface area contributed by atoms with E-state index in [-0.39, 0.29) is 12.2 Å². The highest BCUT2D eigenvalue weighted by Gasteiger charge is 2.14. The van der Waals surface area contributed by atoms with Crippen LogP contribution in [0.5, 0.6) is 0 Å². The first-order chi connectivity index (χ1) is 8.74. The summed E-state index contributed by atoms with van der Waals surface area (Å²) < 4.78 is 1.90. The van der Waals surface area contributed by atoms with Crippen LogP contribution < -0.4 is 0 Å². The number of Topliss-reactive ketones (excluding diaryl/α,β-unsaturated/α-hetero) is 1. The van der Waals surface area contributed by atoms with Crippen LogP contribution >= 0.6 is 22.9 Å². The van der Waals surface area contributed by atoms with E-state index in [1.165, 1.54) is 11.3 Å². The van der Waals surface area contributed by atoms with Gasteiger partial charge in [0.1, 0.15) is 5.69 Å². The predicted molar refractivity (Wildman–Crippen MR) is 70.4 cm³/mol. The zero-order chi connectivity index (χ0) is 12.5. The SMILES string of the molecule is O=C(Cc1cn2ccsc2n1)c1ncccc1Cl. The Hall–Kier alpha value is -1.72. The molecule has 4 nitrogen and oxygen atoms in total. The summed E-state index contributed by atoms with van der Waals surface area (Å²) in [6.45, 7) is 0. The zero-order valence-electron chi connectivity index (χ0n) is 9.21. The molecule has 0 aliphatic carbocycles. The number of ketones is 1. The number of rotatable bonds is 3. The first-order valence-electron chi connectivity index (χ1n) is 5.29. The number of halogens is 1. The topological polar surface area (TPSA) is 47.3 Å². The Balaban J connectivity index is 1.87. The summed E-state index contributed by atoms with van der Waals surface area (Å²) in [4.78, 5) is 21.3. The number of fused-ring (bicyclic) bond motifs is 1. The van der Waals surface area contributed by atoms with Gasteiger partial charge in [-0.15, -0.1) is 11.3 Å². The second kappa shape index (κ2) is 4.51. The minimum absolute atomic E-state index is 0.119. The third-order valence-corrected chi connectivity index (χ3v) is 3.58. The van der Waals surface area contributed by atoms with Gasteiger partial charge in [-0.05, 0) is 12.1 Å². The molecule has 0 radical (unpaired) electrons. The number of carbonyl (C=O) groups excluding carboxylic acids is 1. The van der Waals surface area contributed by atoms with E-state index in [9.17, 15) is 4.79 Å². The molecule has 0 unspecified atom stereocenters. The zero-order valence-corrected chi connectivity index (χ0v) is 10.8. The normalized spacial score (nSPS) is 10.9. The highest BCUT2D eigenvalue weighted by atomic mass is 35.5. The van der Waals surface area contributed by atoms with Gasteiger partial charge in [-0.3, -0.25) is 14.2 Å². The van der Waals surface area contributed by atoms with Crippen LogP contribution in [-0.2, 0) is 6.42 Å². The molecule has 3 aromatic rings. The Morgan fingerprint density at radius 1 is 1.50 bits per heavy atom. The van der Waals surface area contributed by atoms with Crippen molar-refractivity contribution < 1.29 is 4.79 Å². The van der Waals surface area contributed by atoms with E-state index in [1.54, 1.807) is 18.3 Å². The van der Waals surface area contributed by atoms with Gasteiger partial charge in [0.2, 0.25) is 0 Å². The van der Waals surface area contributed by atoms with Crippen LogP contribution in [0.2, 0.25) is 5.02 Å². The summed E-state index contributed by atoms with van der Waals surface area (Å²) in [6.07, 6.45) is 5.53. The molecule has 0 fully saturated rings. The van der Waals surface area contributed by atoms with Crippen LogP contribution in [0.1, 0.15) is 16.2 Å². The molecule has 0 saturated heterocycles. The van der Waals surface area contributed by atoms with Crippen molar-refractivity contribution in [2.45, 2.75) is 6.42 Å². The lowest BCUT2D eigenvalue weighted by atomic mass is 10.1. The molecule has 0 amide bonds. The summed E-state index contributed by atoms with van der Waals surface area (Å²) >= 11 is 7.47. The van der Waals surface area contributed by atoms with Crippen LogP contribution in [0, 0.1) is 0 Å². The van der Waals surface area contributed by atoms with Gasteiger partial charge in [0.25, 0.3) is 0 Å². The maximum atomic E-state index is 12.0. The van der Waals surface area contributed by atoms with Crippen LogP contribution in [0.15, 0.2) is 36.1 Å². The maximum absolute atomic E-state index is 12.0. The van der Waals surface area contributed by atoms with Gasteiger partial charge in [0.15, 0.2) is 10.7 Å². The van der Waals surface area contributed by atoms with Crippen molar-refractivity contribution >= 4 is 33.7 Å². The second-order valence-electron chi connectivity index (χ2n) is 3.76. The fourth-order valence-electron chi connectivity index (χ4n) is 1.70. The summed E-state index contributed by atoms with van der Waals surface area (Å²) in [7, 11) is 0. The van der Waals surface area contributed by atoms with Gasteiger partial charge in [-0.1, -0.05) is 11.6 Å². The summed E-state index contributed by atoms with van der Waals surface area (Å²) in [5.74, 6) is -0.119. The highest BCUT2D eigenvalue weighted by Crippen LogP contribution is 2.16. The van der Waals surface area contributed by atoms with Gasteiger partial charge in [-0.2, -0.15) is 0 Å². The molecule has 0 atom stereocenters. The van der Waals surface area contributed by atoms with Crippen molar-refractivity contribution in [1.82, 2.24) is 14.4 Å². The van der Waals surface area contributed by atoms with Gasteiger partial charge in [0, 0.05) is 24.0 Å². The maximum Gasteiger partial charge on any atom is 0.193 e. The molecule has 3 heterocycles. The van der Waals surface area contributed by atoms with Crippen molar-refractivity contribution in [2.24, 2.45) is 0 Å². The first-order valence-corrected chi connectivity index (χ1v) is 6.54. The number of hydrogen-bond donors (Lipinski definition) is 0. The fourth-order valence-corrected chi connectivity index (χ4v) is 2.65. The predicted octanol–water partition coefficient (Wildman–Crippen LogP) is 2.87. The quantitative estimate of drug-likeness (QED) is 0.692. The monoisotopic (exact) mass is 277 g/mol. The minimum atomic E-state index is -0.119. The molecule has 0 aliphatic rings. The highest BCUT2D eigenvalue weighted by molar-refractivity contribution is 7.15. The lowest BCUT2D eigenvalue weighted by molar-refractivity contribution is 0.0987. The Morgan fingerprint density at radius 3 is 3.17 bits per heavy atom. The van der Waals surface area contributed by atoms with Crippen molar-refractivity contribution in [1.29, 1.82) is 0 Å². The van der Waals surface area contributed by atoms with Gasteiger partial charge >= 0.3 is 0 Å². The Morgan fingerprint density at radius 2 is 2.39 bits per heavy atom. The number of aromatic nitrogens is 3. The van der Waals surface area contributed by atoms with E-state index in [4.69, 9.17) is 11.6 Å². The molecule has 90 valence electrons. The molecule has 0 N–H and O–H groups in total. The molecular formula is C12H8ClN3OS. The molecule has 6 heteroatoms. The third kappa shape index (κ3) is 2.02. The fraction of sp³-hybridized carbons (Fsp3) is 0.0833. The average Bonchev–Trinajstić information content (AvgIpc) is 2.90. The van der Waals surface area contributed by atoms with E-state index in [0.29, 0.717) is 10.7 Å². The standard InChI is InChI=1S/C12H8ClN3OS/c13-9-2-1-3-14-11(9)10(17)6-8-7-16-4-5-18-12(16)15-8/h1-5,7H,6H2. The number of hydrogen-bond acceptors (Lipinski definition) is 4. The number of thiazole rings is 1. The smallest absolute Gasteiger partial charge is 0.193 e. The molecule has 3 rings (SSSR count). The average molecular weight is 278 g/mol. The lowest BCUT2D eigenvalue weighted by Crippen LogP contribution is -2.06. The molecule has 0 saturated carbocycles. The first kappa shape index (κ1) is 11.4. The number of carbonyl (C=O) groups is 1. The van der Waals surface area contributed by atoms with E-state index >= 15 is 0 Å². The Kier molecular flexibility index (Phi) is 2.85. The molecule has 0 aliphatic heterocycles. The lowest BCUT2D eigenvalue weighted by Gasteiger charge is -1.99. The summed E-state index contributed by atoms with van der Waals surface area (Å²) in [6, 6.07) is 3.36. The van der Waals surface area contributed by atoms with E-state index < -0.39 is 0 Å². The van der Waals surface area contributed by atoms with Crippen molar-refractivity contribution in [3.05, 3.63) is 52.5 Å². The minimum Gasteiger partial charge on any atom is -0.297 e. The van der Waals surface area contributed by atoms with Crippen LogP contribution in [-0.4, -0.2) is 20.2 Å². The molecule has 0 spiro atoms. The number of pyridine rings is 1. The van der Waals surface area contributed by atoms with E-state index in [0.717, 1.165) is 10.7 Å². The van der Waals surface area contributed by atoms with Gasteiger partial charge < -0.3 is 0 Å². The number of imidazole rings is 1. The number of nitrogens with zero attached hydrogens (tertiary/aromatic N) is 3. The van der Waals surface area contributed by atoms with Crippen molar-refractivity contribution in [2.75, 3.05) is 0 Å². The molecule has 0 aromatic carbocycles. The van der Waals surface area contributed by atoms with Crippen LogP contribution in [0.3, 0.4) is 0 Å². The Bertz CT molecular complexity index is 690.